The molecule has 0 amide bonds. The maximum atomic E-state index is 14.4. The average Bonchev–Trinajstić information content (AvgIpc) is 2.91. The second-order valence-electron chi connectivity index (χ2n) is 11.0. The summed E-state index contributed by atoms with van der Waals surface area (Å²) in [6.45, 7) is 9.63. The fourth-order valence-corrected chi connectivity index (χ4v) is 5.17. The maximum absolute atomic E-state index is 14.4. The molecule has 0 heterocycles. The summed E-state index contributed by atoms with van der Waals surface area (Å²) in [5, 5.41) is 13.9. The van der Waals surface area contributed by atoms with Gasteiger partial charge in [-0.2, -0.15) is 13.2 Å². The number of anilines is 3. The third-order valence-electron chi connectivity index (χ3n) is 7.28. The molecule has 0 saturated heterocycles. The molecule has 0 aliphatic rings. The number of aliphatic hydroxyl groups is 1. The van der Waals surface area contributed by atoms with E-state index in [9.17, 15) is 27.5 Å². The van der Waals surface area contributed by atoms with Crippen molar-refractivity contribution in [3.63, 3.8) is 0 Å². The van der Waals surface area contributed by atoms with Gasteiger partial charge in [0.15, 0.2) is 5.60 Å². The third kappa shape index (κ3) is 6.90. The molecule has 220 valence electrons. The van der Waals surface area contributed by atoms with E-state index in [4.69, 9.17) is 4.74 Å². The number of aryl methyl sites for hydroxylation is 2. The minimum atomic E-state index is -4.98. The van der Waals surface area contributed by atoms with Crippen LogP contribution in [0.2, 0.25) is 0 Å². The number of carbonyl (C=O) groups excluding carboxylic acids is 1. The Morgan fingerprint density at radius 3 is 2.39 bits per heavy atom. The summed E-state index contributed by atoms with van der Waals surface area (Å²) in [6.07, 6.45) is -4.17. The first-order chi connectivity index (χ1) is 19.0. The molecule has 1 atom stereocenters. The highest BCUT2D eigenvalue weighted by Gasteiger charge is 2.56. The molecule has 0 fully saturated rings. The zero-order chi connectivity index (χ0) is 30.8. The zero-order valence-corrected chi connectivity index (χ0v) is 24.1. The maximum Gasteiger partial charge on any atom is 0.418 e. The molecule has 0 bridgehead atoms. The quantitative estimate of drug-likeness (QED) is 0.192. The predicted molar refractivity (Wildman–Crippen MR) is 155 cm³/mol. The number of carbonyl (C=O) groups is 1. The average molecular weight is 573 g/mol. The molecule has 3 rings (SSSR count). The Bertz CT molecular complexity index is 1430. The number of ether oxygens (including phenoxy) is 1. The van der Waals surface area contributed by atoms with Crippen molar-refractivity contribution in [1.29, 1.82) is 0 Å². The molecular formula is C32H36F4N2O3. The minimum Gasteiger partial charge on any atom is -0.465 e. The number of hydrogen-bond donors (Lipinski definition) is 2. The molecule has 3 aromatic rings. The fraction of sp³-hybridized carbons (Fsp3) is 0.344. The van der Waals surface area contributed by atoms with Gasteiger partial charge in [0.1, 0.15) is 5.82 Å². The van der Waals surface area contributed by atoms with Crippen molar-refractivity contribution >= 4 is 29.1 Å². The molecule has 0 aliphatic heterocycles. The Morgan fingerprint density at radius 1 is 1.10 bits per heavy atom. The van der Waals surface area contributed by atoms with Crippen molar-refractivity contribution in [2.75, 3.05) is 30.9 Å². The van der Waals surface area contributed by atoms with Gasteiger partial charge < -0.3 is 20.1 Å². The Hall–Kier alpha value is -3.85. The Kier molecular flexibility index (Phi) is 9.23. The van der Waals surface area contributed by atoms with E-state index in [1.807, 2.05) is 6.07 Å². The Labute approximate surface area is 238 Å². The van der Waals surface area contributed by atoms with Gasteiger partial charge in [-0.25, -0.2) is 9.18 Å². The molecule has 1 unspecified atom stereocenters. The van der Waals surface area contributed by atoms with Crippen LogP contribution in [0.25, 0.3) is 6.08 Å². The van der Waals surface area contributed by atoms with Crippen LogP contribution in [0.4, 0.5) is 34.6 Å². The van der Waals surface area contributed by atoms with Crippen LogP contribution in [0.15, 0.2) is 61.2 Å². The van der Waals surface area contributed by atoms with E-state index in [0.717, 1.165) is 5.56 Å². The standard InChI is InChI=1S/C32H36F4N2O3/c1-8-25-27(14-20(2)15-28(25)38(6)24-11-9-10-22(16-24)29(39)41-7)37-19-31(40,32(34,35)36)18-30(4,5)26-17-23(33)13-12-21(26)3/h8-17,37,40H,1,18-19H2,2-7H3. The van der Waals surface area contributed by atoms with Gasteiger partial charge in [0.25, 0.3) is 0 Å². The summed E-state index contributed by atoms with van der Waals surface area (Å²) in [5.41, 5.74) is -0.127. The lowest BCUT2D eigenvalue weighted by Gasteiger charge is -2.39. The SMILES string of the molecule is C=Cc1c(NCC(O)(CC(C)(C)c2cc(F)ccc2C)C(F)(F)F)cc(C)cc1N(C)c1cccc(C(=O)OC)c1. The Morgan fingerprint density at radius 2 is 1.78 bits per heavy atom. The van der Waals surface area contributed by atoms with Gasteiger partial charge in [-0.15, -0.1) is 0 Å². The number of nitrogens with one attached hydrogen (secondary N) is 1. The highest BCUT2D eigenvalue weighted by atomic mass is 19.4. The van der Waals surface area contributed by atoms with Crippen LogP contribution in [0.1, 0.15) is 52.9 Å². The first kappa shape index (κ1) is 31.7. The van der Waals surface area contributed by atoms with Crippen molar-refractivity contribution in [2.24, 2.45) is 0 Å². The number of hydrogen-bond acceptors (Lipinski definition) is 5. The molecule has 0 radical (unpaired) electrons. The van der Waals surface area contributed by atoms with E-state index < -0.39 is 41.9 Å². The highest BCUT2D eigenvalue weighted by molar-refractivity contribution is 5.91. The number of halogens is 4. The number of rotatable bonds is 10. The van der Waals surface area contributed by atoms with Crippen LogP contribution in [0.5, 0.6) is 0 Å². The lowest BCUT2D eigenvalue weighted by Crippen LogP contribution is -2.53. The van der Waals surface area contributed by atoms with E-state index in [-0.39, 0.29) is 0 Å². The van der Waals surface area contributed by atoms with E-state index in [1.165, 1.54) is 31.4 Å². The normalized spacial score (nSPS) is 13.3. The van der Waals surface area contributed by atoms with Gasteiger partial charge in [0.2, 0.25) is 0 Å². The van der Waals surface area contributed by atoms with E-state index in [1.54, 1.807) is 70.0 Å². The van der Waals surface area contributed by atoms with Gasteiger partial charge in [-0.3, -0.25) is 0 Å². The number of nitrogens with zero attached hydrogens (tertiary/aromatic N) is 1. The molecule has 3 aromatic carbocycles. The first-order valence-corrected chi connectivity index (χ1v) is 13.0. The fourth-order valence-electron chi connectivity index (χ4n) is 5.17. The third-order valence-corrected chi connectivity index (χ3v) is 7.28. The van der Waals surface area contributed by atoms with Crippen LogP contribution >= 0.6 is 0 Å². The lowest BCUT2D eigenvalue weighted by atomic mass is 9.73. The largest absolute Gasteiger partial charge is 0.465 e. The first-order valence-electron chi connectivity index (χ1n) is 13.0. The van der Waals surface area contributed by atoms with Crippen molar-refractivity contribution in [1.82, 2.24) is 0 Å². The van der Waals surface area contributed by atoms with Crippen LogP contribution in [-0.2, 0) is 10.2 Å². The van der Waals surface area contributed by atoms with Crippen LogP contribution in [-0.4, -0.2) is 43.6 Å². The van der Waals surface area contributed by atoms with Crippen LogP contribution in [0.3, 0.4) is 0 Å². The molecule has 9 heteroatoms. The predicted octanol–water partition coefficient (Wildman–Crippen LogP) is 7.71. The summed E-state index contributed by atoms with van der Waals surface area (Å²) >= 11 is 0. The van der Waals surface area contributed by atoms with Gasteiger partial charge in [0, 0.05) is 24.0 Å². The highest BCUT2D eigenvalue weighted by Crippen LogP contribution is 2.43. The minimum absolute atomic E-state index is 0.341. The monoisotopic (exact) mass is 572 g/mol. The van der Waals surface area contributed by atoms with Crippen LogP contribution < -0.4 is 10.2 Å². The zero-order valence-electron chi connectivity index (χ0n) is 24.1. The lowest BCUT2D eigenvalue weighted by molar-refractivity contribution is -0.260. The van der Waals surface area contributed by atoms with Gasteiger partial charge in [-0.1, -0.05) is 38.6 Å². The summed E-state index contributed by atoms with van der Waals surface area (Å²) < 4.78 is 62.1. The topological polar surface area (TPSA) is 61.8 Å². The van der Waals surface area contributed by atoms with Crippen molar-refractivity contribution in [2.45, 2.75) is 51.3 Å². The summed E-state index contributed by atoms with van der Waals surface area (Å²) in [5.74, 6) is -1.06. The molecule has 0 spiro atoms. The number of alkyl halides is 3. The number of benzene rings is 3. The number of esters is 1. The van der Waals surface area contributed by atoms with Crippen molar-refractivity contribution in [3.8, 4) is 0 Å². The summed E-state index contributed by atoms with van der Waals surface area (Å²) in [4.78, 5) is 13.8. The molecule has 0 saturated carbocycles. The van der Waals surface area contributed by atoms with Crippen LogP contribution in [0, 0.1) is 19.7 Å². The molecule has 5 nitrogen and oxygen atoms in total. The second kappa shape index (κ2) is 11.9. The van der Waals surface area contributed by atoms with E-state index in [2.05, 4.69) is 11.9 Å². The van der Waals surface area contributed by atoms with Crippen molar-refractivity contribution in [3.05, 3.63) is 94.8 Å². The second-order valence-corrected chi connectivity index (χ2v) is 11.0. The Balaban J connectivity index is 1.99. The van der Waals surface area contributed by atoms with E-state index in [0.29, 0.717) is 39.3 Å². The van der Waals surface area contributed by atoms with Gasteiger partial charge in [0.05, 0.1) is 24.9 Å². The molecule has 0 aliphatic carbocycles. The molecular weight excluding hydrogens is 536 g/mol. The molecule has 0 aromatic heterocycles. The summed E-state index contributed by atoms with van der Waals surface area (Å²) in [7, 11) is 3.05. The summed E-state index contributed by atoms with van der Waals surface area (Å²) in [6, 6.07) is 14.3. The van der Waals surface area contributed by atoms with E-state index >= 15 is 0 Å². The smallest absolute Gasteiger partial charge is 0.418 e. The number of methoxy groups -OCH3 is 1. The van der Waals surface area contributed by atoms with Gasteiger partial charge in [-0.05, 0) is 84.8 Å². The molecule has 2 N–H and O–H groups in total. The van der Waals surface area contributed by atoms with Gasteiger partial charge >= 0.3 is 12.1 Å². The molecule has 41 heavy (non-hydrogen) atoms. The van der Waals surface area contributed by atoms with Crippen molar-refractivity contribution < 1.29 is 32.2 Å².